The van der Waals surface area contributed by atoms with Gasteiger partial charge in [0, 0.05) is 10.1 Å². The molecule has 0 unspecified atom stereocenters. The van der Waals surface area contributed by atoms with Gasteiger partial charge in [-0.25, -0.2) is 0 Å². The number of hydrogen-bond donors (Lipinski definition) is 1. The maximum Gasteiger partial charge on any atom is 0.252 e. The van der Waals surface area contributed by atoms with Crippen molar-refractivity contribution in [2.75, 3.05) is 13.7 Å². The third-order valence-electron chi connectivity index (χ3n) is 2.99. The average molecular weight is 381 g/mol. The molecule has 0 saturated carbocycles. The lowest BCUT2D eigenvalue weighted by atomic mass is 10.1. The maximum absolute atomic E-state index is 12.1. The predicted molar refractivity (Wildman–Crippen MR) is 88.2 cm³/mol. The van der Waals surface area contributed by atoms with Crippen molar-refractivity contribution < 1.29 is 9.53 Å². The lowest BCUT2D eigenvalue weighted by Gasteiger charge is -2.09. The van der Waals surface area contributed by atoms with Gasteiger partial charge in [-0.05, 0) is 52.8 Å². The van der Waals surface area contributed by atoms with Gasteiger partial charge in [0.05, 0.1) is 12.7 Å². The SMILES string of the molecule is COc1ccccc1CCNC(=O)c1ccccc1I. The second-order valence-electron chi connectivity index (χ2n) is 4.30. The van der Waals surface area contributed by atoms with Crippen molar-refractivity contribution in [1.29, 1.82) is 0 Å². The highest BCUT2D eigenvalue weighted by Gasteiger charge is 2.08. The van der Waals surface area contributed by atoms with Gasteiger partial charge in [-0.15, -0.1) is 0 Å². The fraction of sp³-hybridized carbons (Fsp3) is 0.188. The first-order valence-electron chi connectivity index (χ1n) is 6.37. The summed E-state index contributed by atoms with van der Waals surface area (Å²) < 4.78 is 6.25. The van der Waals surface area contributed by atoms with E-state index >= 15 is 0 Å². The van der Waals surface area contributed by atoms with E-state index in [4.69, 9.17) is 4.74 Å². The molecule has 0 spiro atoms. The molecule has 0 bridgehead atoms. The minimum absolute atomic E-state index is 0.0371. The molecule has 1 N–H and O–H groups in total. The van der Waals surface area contributed by atoms with Crippen LogP contribution in [0.2, 0.25) is 0 Å². The Hall–Kier alpha value is -1.56. The highest BCUT2D eigenvalue weighted by Crippen LogP contribution is 2.17. The number of hydrogen-bond acceptors (Lipinski definition) is 2. The summed E-state index contributed by atoms with van der Waals surface area (Å²) in [7, 11) is 1.66. The normalized spacial score (nSPS) is 10.1. The highest BCUT2D eigenvalue weighted by atomic mass is 127. The molecular formula is C16H16INO2. The van der Waals surface area contributed by atoms with Gasteiger partial charge in [0.1, 0.15) is 5.75 Å². The van der Waals surface area contributed by atoms with Gasteiger partial charge >= 0.3 is 0 Å². The van der Waals surface area contributed by atoms with Crippen LogP contribution in [0.15, 0.2) is 48.5 Å². The summed E-state index contributed by atoms with van der Waals surface area (Å²) in [6.45, 7) is 0.587. The molecule has 0 saturated heterocycles. The van der Waals surface area contributed by atoms with E-state index in [-0.39, 0.29) is 5.91 Å². The van der Waals surface area contributed by atoms with Crippen LogP contribution in [-0.4, -0.2) is 19.6 Å². The Labute approximate surface area is 132 Å². The summed E-state index contributed by atoms with van der Waals surface area (Å²) in [6, 6.07) is 15.4. The molecule has 0 aliphatic heterocycles. The fourth-order valence-corrected chi connectivity index (χ4v) is 2.59. The number of carbonyl (C=O) groups is 1. The van der Waals surface area contributed by atoms with Gasteiger partial charge in [0.25, 0.3) is 5.91 Å². The Balaban J connectivity index is 1.93. The average Bonchev–Trinajstić information content (AvgIpc) is 2.48. The lowest BCUT2D eigenvalue weighted by molar-refractivity contribution is 0.0953. The monoisotopic (exact) mass is 381 g/mol. The summed E-state index contributed by atoms with van der Waals surface area (Å²) in [4.78, 5) is 12.1. The molecule has 3 nitrogen and oxygen atoms in total. The number of nitrogens with one attached hydrogen (secondary N) is 1. The summed E-state index contributed by atoms with van der Waals surface area (Å²) in [5.74, 6) is 0.820. The second-order valence-corrected chi connectivity index (χ2v) is 5.46. The van der Waals surface area contributed by atoms with Crippen molar-refractivity contribution >= 4 is 28.5 Å². The molecule has 0 aliphatic rings. The quantitative estimate of drug-likeness (QED) is 0.808. The zero-order valence-electron chi connectivity index (χ0n) is 11.2. The predicted octanol–water partition coefficient (Wildman–Crippen LogP) is 3.27. The molecule has 2 aromatic rings. The number of carbonyl (C=O) groups excluding carboxylic acids is 1. The molecule has 0 radical (unpaired) electrons. The number of methoxy groups -OCH3 is 1. The molecule has 2 rings (SSSR count). The summed E-state index contributed by atoms with van der Waals surface area (Å²) in [5.41, 5.74) is 1.81. The molecule has 0 fully saturated rings. The van der Waals surface area contributed by atoms with E-state index in [2.05, 4.69) is 27.9 Å². The van der Waals surface area contributed by atoms with Gasteiger partial charge in [-0.1, -0.05) is 30.3 Å². The number of benzene rings is 2. The Morgan fingerprint density at radius 3 is 2.60 bits per heavy atom. The molecule has 0 aliphatic carbocycles. The van der Waals surface area contributed by atoms with Crippen molar-refractivity contribution in [3.8, 4) is 5.75 Å². The molecule has 0 atom stereocenters. The fourth-order valence-electron chi connectivity index (χ4n) is 1.96. The van der Waals surface area contributed by atoms with Crippen LogP contribution in [0.25, 0.3) is 0 Å². The molecule has 20 heavy (non-hydrogen) atoms. The van der Waals surface area contributed by atoms with Crippen LogP contribution in [0.4, 0.5) is 0 Å². The zero-order valence-corrected chi connectivity index (χ0v) is 13.4. The minimum Gasteiger partial charge on any atom is -0.496 e. The third-order valence-corrected chi connectivity index (χ3v) is 3.93. The number of amides is 1. The van der Waals surface area contributed by atoms with Crippen molar-refractivity contribution in [3.05, 3.63) is 63.2 Å². The number of para-hydroxylation sites is 1. The first kappa shape index (κ1) is 14.8. The van der Waals surface area contributed by atoms with Crippen molar-refractivity contribution in [2.24, 2.45) is 0 Å². The minimum atomic E-state index is -0.0371. The van der Waals surface area contributed by atoms with Crippen LogP contribution in [0.3, 0.4) is 0 Å². The van der Waals surface area contributed by atoms with Crippen LogP contribution in [0.5, 0.6) is 5.75 Å². The van der Waals surface area contributed by atoms with E-state index in [1.54, 1.807) is 7.11 Å². The largest absolute Gasteiger partial charge is 0.496 e. The van der Waals surface area contributed by atoms with Crippen molar-refractivity contribution in [3.63, 3.8) is 0 Å². The van der Waals surface area contributed by atoms with Crippen LogP contribution in [-0.2, 0) is 6.42 Å². The summed E-state index contributed by atoms with van der Waals surface area (Å²) in [6.07, 6.45) is 0.749. The van der Waals surface area contributed by atoms with E-state index in [0.717, 1.165) is 21.3 Å². The van der Waals surface area contributed by atoms with E-state index < -0.39 is 0 Å². The molecule has 2 aromatic carbocycles. The van der Waals surface area contributed by atoms with Gasteiger partial charge in [-0.3, -0.25) is 4.79 Å². The summed E-state index contributed by atoms with van der Waals surface area (Å²) >= 11 is 2.17. The van der Waals surface area contributed by atoms with Crippen molar-refractivity contribution in [1.82, 2.24) is 5.32 Å². The Bertz CT molecular complexity index is 599. The smallest absolute Gasteiger partial charge is 0.252 e. The molecule has 0 aromatic heterocycles. The molecule has 4 heteroatoms. The lowest BCUT2D eigenvalue weighted by Crippen LogP contribution is -2.26. The van der Waals surface area contributed by atoms with Gasteiger partial charge in [0.2, 0.25) is 0 Å². The zero-order chi connectivity index (χ0) is 14.4. The highest BCUT2D eigenvalue weighted by molar-refractivity contribution is 14.1. The Morgan fingerprint density at radius 1 is 1.15 bits per heavy atom. The van der Waals surface area contributed by atoms with E-state index in [9.17, 15) is 4.79 Å². The molecular weight excluding hydrogens is 365 g/mol. The maximum atomic E-state index is 12.1. The molecule has 0 heterocycles. The number of halogens is 1. The van der Waals surface area contributed by atoms with E-state index in [0.29, 0.717) is 12.1 Å². The van der Waals surface area contributed by atoms with Crippen molar-refractivity contribution in [2.45, 2.75) is 6.42 Å². The van der Waals surface area contributed by atoms with Crippen LogP contribution < -0.4 is 10.1 Å². The standard InChI is InChI=1S/C16H16INO2/c1-20-15-9-5-2-6-12(15)10-11-18-16(19)13-7-3-4-8-14(13)17/h2-9H,10-11H2,1H3,(H,18,19). The van der Waals surface area contributed by atoms with E-state index in [1.807, 2.05) is 48.5 Å². The number of ether oxygens (including phenoxy) is 1. The first-order valence-corrected chi connectivity index (χ1v) is 7.45. The molecule has 1 amide bonds. The summed E-state index contributed by atoms with van der Waals surface area (Å²) in [5, 5.41) is 2.94. The Morgan fingerprint density at radius 2 is 1.85 bits per heavy atom. The topological polar surface area (TPSA) is 38.3 Å². The molecule has 104 valence electrons. The van der Waals surface area contributed by atoms with Crippen LogP contribution >= 0.6 is 22.6 Å². The van der Waals surface area contributed by atoms with Gasteiger partial charge < -0.3 is 10.1 Å². The van der Waals surface area contributed by atoms with Crippen LogP contribution in [0.1, 0.15) is 15.9 Å². The first-order chi connectivity index (χ1) is 9.72. The van der Waals surface area contributed by atoms with Crippen LogP contribution in [0, 0.1) is 3.57 Å². The Kier molecular flexibility index (Phi) is 5.40. The van der Waals surface area contributed by atoms with Gasteiger partial charge in [0.15, 0.2) is 0 Å². The second kappa shape index (κ2) is 7.28. The number of rotatable bonds is 5. The van der Waals surface area contributed by atoms with E-state index in [1.165, 1.54) is 0 Å². The third kappa shape index (κ3) is 3.72. The van der Waals surface area contributed by atoms with Gasteiger partial charge in [-0.2, -0.15) is 0 Å².